The van der Waals surface area contributed by atoms with Crippen molar-refractivity contribution in [3.63, 3.8) is 0 Å². The van der Waals surface area contributed by atoms with E-state index in [4.69, 9.17) is 9.15 Å². The van der Waals surface area contributed by atoms with Gasteiger partial charge in [0.1, 0.15) is 34.4 Å². The van der Waals surface area contributed by atoms with Gasteiger partial charge in [0.15, 0.2) is 0 Å². The number of amides is 2. The number of nitrogens with one attached hydrogen (secondary N) is 2. The number of benzene rings is 4. The molecule has 0 saturated carbocycles. The molecule has 0 unspecified atom stereocenters. The summed E-state index contributed by atoms with van der Waals surface area (Å²) in [6.45, 7) is 1.65. The van der Waals surface area contributed by atoms with Gasteiger partial charge >= 0.3 is 6.18 Å². The van der Waals surface area contributed by atoms with Crippen molar-refractivity contribution in [2.75, 3.05) is 29.9 Å². The van der Waals surface area contributed by atoms with Crippen LogP contribution in [0.4, 0.5) is 23.2 Å². The van der Waals surface area contributed by atoms with Crippen molar-refractivity contribution in [1.82, 2.24) is 10.0 Å². The third kappa shape index (κ3) is 8.17. The van der Waals surface area contributed by atoms with E-state index in [1.807, 2.05) is 0 Å². The molecule has 0 bridgehead atoms. The maximum Gasteiger partial charge on any atom is 0.399 e. The maximum absolute atomic E-state index is 13.6. The van der Waals surface area contributed by atoms with E-state index in [2.05, 4.69) is 10.0 Å². The predicted octanol–water partition coefficient (Wildman–Crippen LogP) is 7.78. The summed E-state index contributed by atoms with van der Waals surface area (Å²) in [7, 11) is -2.40. The first-order valence-corrected chi connectivity index (χ1v) is 17.5. The number of rotatable bonds is 11. The second kappa shape index (κ2) is 14.2. The maximum atomic E-state index is 13.6. The third-order valence-electron chi connectivity index (χ3n) is 7.20. The van der Waals surface area contributed by atoms with Gasteiger partial charge in [-0.3, -0.25) is 18.6 Å². The van der Waals surface area contributed by atoms with E-state index in [9.17, 15) is 35.6 Å². The number of furan rings is 1. The van der Waals surface area contributed by atoms with Crippen molar-refractivity contribution >= 4 is 50.4 Å². The van der Waals surface area contributed by atoms with Gasteiger partial charge in [-0.2, -0.15) is 13.2 Å². The summed E-state index contributed by atoms with van der Waals surface area (Å²) < 4.78 is 92.6. The lowest BCUT2D eigenvalue weighted by Crippen LogP contribution is -2.30. The average molecular weight is 716 g/mol. The first-order chi connectivity index (χ1) is 23.2. The van der Waals surface area contributed by atoms with Crippen LogP contribution >= 0.6 is 11.9 Å². The molecule has 9 nitrogen and oxygen atoms in total. The zero-order chi connectivity index (χ0) is 35.5. The largest absolute Gasteiger partial charge is 0.457 e. The molecule has 2 amide bonds. The Kier molecular flexibility index (Phi) is 10.2. The van der Waals surface area contributed by atoms with Crippen LogP contribution in [0.5, 0.6) is 11.5 Å². The number of fused-ring (bicyclic) bond motifs is 1. The number of halogens is 4. The van der Waals surface area contributed by atoms with E-state index < -0.39 is 39.6 Å². The molecule has 0 aliphatic carbocycles. The molecule has 0 radical (unpaired) electrons. The molecule has 256 valence electrons. The van der Waals surface area contributed by atoms with Gasteiger partial charge in [0.2, 0.25) is 10.0 Å². The fourth-order valence-electron chi connectivity index (χ4n) is 5.12. The fourth-order valence-corrected chi connectivity index (χ4v) is 6.58. The fraction of sp³-hybridized carbons (Fsp3) is 0.176. The van der Waals surface area contributed by atoms with E-state index in [1.165, 1.54) is 49.5 Å². The van der Waals surface area contributed by atoms with E-state index in [0.29, 0.717) is 27.8 Å². The zero-order valence-corrected chi connectivity index (χ0v) is 27.9. The lowest BCUT2D eigenvalue weighted by Gasteiger charge is -2.24. The molecule has 5 rings (SSSR count). The highest BCUT2D eigenvalue weighted by atomic mass is 32.2. The van der Waals surface area contributed by atoms with E-state index in [1.54, 1.807) is 49.4 Å². The van der Waals surface area contributed by atoms with Crippen LogP contribution in [-0.2, 0) is 10.0 Å². The molecule has 0 aliphatic heterocycles. The molecule has 4 aromatic carbocycles. The van der Waals surface area contributed by atoms with Crippen molar-refractivity contribution in [3.8, 4) is 33.9 Å². The van der Waals surface area contributed by atoms with Gasteiger partial charge in [0.05, 0.1) is 17.5 Å². The predicted molar refractivity (Wildman–Crippen MR) is 181 cm³/mol. The van der Waals surface area contributed by atoms with Gasteiger partial charge in [-0.25, -0.2) is 12.8 Å². The molecule has 2 N–H and O–H groups in total. The average Bonchev–Trinajstić information content (AvgIpc) is 3.42. The number of hydrogen-bond acceptors (Lipinski definition) is 7. The van der Waals surface area contributed by atoms with Crippen LogP contribution in [0.2, 0.25) is 0 Å². The summed E-state index contributed by atoms with van der Waals surface area (Å²) in [5, 5.41) is 2.93. The molecule has 0 aliphatic rings. The molecule has 0 fully saturated rings. The molecular weight excluding hydrogens is 687 g/mol. The van der Waals surface area contributed by atoms with Crippen LogP contribution in [0.1, 0.15) is 27.6 Å². The number of alkyl halides is 3. The molecule has 5 aromatic rings. The topological polar surface area (TPSA) is 118 Å². The summed E-state index contributed by atoms with van der Waals surface area (Å²) in [6.07, 6.45) is -3.45. The van der Waals surface area contributed by atoms with Crippen molar-refractivity contribution in [3.05, 3.63) is 102 Å². The SMILES string of the molecule is CCN(c1cc2oc(-c3ccc(Oc4cccc(F)c4)cc3)c(C(=O)NC)c2cc1-c1cccc(C(=O)NSCC(F)(F)F)c1)S(C)(=O)=O. The van der Waals surface area contributed by atoms with Crippen LogP contribution in [0, 0.1) is 5.82 Å². The molecule has 49 heavy (non-hydrogen) atoms. The van der Waals surface area contributed by atoms with Crippen molar-refractivity contribution < 1.29 is 44.7 Å². The number of hydrogen-bond donors (Lipinski definition) is 2. The van der Waals surface area contributed by atoms with Gasteiger partial charge in [-0.1, -0.05) is 18.2 Å². The number of carbonyl (C=O) groups excluding carboxylic acids is 2. The third-order valence-corrected chi connectivity index (χ3v) is 9.26. The van der Waals surface area contributed by atoms with Crippen molar-refractivity contribution in [2.45, 2.75) is 13.1 Å². The lowest BCUT2D eigenvalue weighted by atomic mass is 9.97. The van der Waals surface area contributed by atoms with Crippen LogP contribution in [0.25, 0.3) is 33.4 Å². The number of sulfonamides is 1. The number of nitrogens with zero attached hydrogens (tertiary/aromatic N) is 1. The summed E-state index contributed by atoms with van der Waals surface area (Å²) in [5.74, 6) is -2.18. The number of anilines is 1. The Labute approximate surface area is 283 Å². The zero-order valence-electron chi connectivity index (χ0n) is 26.2. The summed E-state index contributed by atoms with van der Waals surface area (Å²) >= 11 is 0.200. The van der Waals surface area contributed by atoms with E-state index >= 15 is 0 Å². The van der Waals surface area contributed by atoms with Crippen LogP contribution < -0.4 is 19.1 Å². The van der Waals surface area contributed by atoms with Crippen molar-refractivity contribution in [1.29, 1.82) is 0 Å². The summed E-state index contributed by atoms with van der Waals surface area (Å²) in [6, 6.07) is 21.2. The highest BCUT2D eigenvalue weighted by Crippen LogP contribution is 2.42. The quantitative estimate of drug-likeness (QED) is 0.106. The first kappa shape index (κ1) is 35.3. The minimum atomic E-state index is -4.48. The lowest BCUT2D eigenvalue weighted by molar-refractivity contribution is -0.105. The normalized spacial score (nSPS) is 11.7. The smallest absolute Gasteiger partial charge is 0.399 e. The summed E-state index contributed by atoms with van der Waals surface area (Å²) in [5.41, 5.74) is 1.70. The van der Waals surface area contributed by atoms with Crippen molar-refractivity contribution in [2.24, 2.45) is 0 Å². The second-order valence-electron chi connectivity index (χ2n) is 10.7. The standard InChI is InChI=1S/C34H29F4N3O6S2/c1-4-41(49(3,44)45)28-18-29-27(17-26(28)21-7-5-8-22(15-21)32(42)40-48-19-34(36,37)38)30(33(43)39-2)31(47-29)20-11-13-24(14-12-20)46-25-10-6-9-23(35)16-25/h5-18H,4,19H2,1-3H3,(H,39,43)(H,40,42). The van der Waals surface area contributed by atoms with Crippen LogP contribution in [0.3, 0.4) is 0 Å². The summed E-state index contributed by atoms with van der Waals surface area (Å²) in [4.78, 5) is 26.1. The molecule has 0 atom stereocenters. The Balaban J connectivity index is 1.63. The molecule has 0 spiro atoms. The van der Waals surface area contributed by atoms with Gasteiger partial charge in [0, 0.05) is 47.8 Å². The molecular formula is C34H29F4N3O6S2. The molecule has 1 heterocycles. The highest BCUT2D eigenvalue weighted by molar-refractivity contribution is 7.98. The number of ether oxygens (including phenoxy) is 1. The van der Waals surface area contributed by atoms with Gasteiger partial charge in [-0.15, -0.1) is 0 Å². The molecule has 0 saturated heterocycles. The minimum Gasteiger partial charge on any atom is -0.457 e. The van der Waals surface area contributed by atoms with Crippen LogP contribution in [0.15, 0.2) is 89.3 Å². The van der Waals surface area contributed by atoms with Gasteiger partial charge in [-0.05, 0) is 79.0 Å². The Morgan fingerprint density at radius 3 is 2.27 bits per heavy atom. The number of carbonyl (C=O) groups is 2. The minimum absolute atomic E-state index is 0.0221. The monoisotopic (exact) mass is 715 g/mol. The Hall–Kier alpha value is -5.02. The highest BCUT2D eigenvalue weighted by Gasteiger charge is 2.29. The second-order valence-corrected chi connectivity index (χ2v) is 13.4. The Bertz CT molecular complexity index is 2130. The van der Waals surface area contributed by atoms with Gasteiger partial charge in [0.25, 0.3) is 11.8 Å². The van der Waals surface area contributed by atoms with Gasteiger partial charge < -0.3 is 14.5 Å². The van der Waals surface area contributed by atoms with Crippen LogP contribution in [-0.4, -0.2) is 52.0 Å². The molecule has 1 aromatic heterocycles. The van der Waals surface area contributed by atoms with E-state index in [0.717, 1.165) is 10.6 Å². The Morgan fingerprint density at radius 1 is 0.918 bits per heavy atom. The molecule has 15 heteroatoms. The first-order valence-electron chi connectivity index (χ1n) is 14.6. The Morgan fingerprint density at radius 2 is 1.63 bits per heavy atom. The van der Waals surface area contributed by atoms with E-state index in [-0.39, 0.29) is 52.4 Å².